The number of aromatic nitrogens is 2. The van der Waals surface area contributed by atoms with Crippen LogP contribution in [0, 0.1) is 18.3 Å². The van der Waals surface area contributed by atoms with Gasteiger partial charge in [-0.1, -0.05) is 19.8 Å². The Morgan fingerprint density at radius 3 is 2.80 bits per heavy atom. The first-order chi connectivity index (χ1) is 9.47. The Labute approximate surface area is 122 Å². The summed E-state index contributed by atoms with van der Waals surface area (Å²) < 4.78 is 1.38. The Morgan fingerprint density at radius 2 is 2.20 bits per heavy atom. The van der Waals surface area contributed by atoms with Gasteiger partial charge in [0.2, 0.25) is 0 Å². The second-order valence-electron chi connectivity index (χ2n) is 4.71. The number of nitrogens with zero attached hydrogens (tertiary/aromatic N) is 1. The van der Waals surface area contributed by atoms with Crippen LogP contribution in [0.2, 0.25) is 0 Å². The molecule has 0 atom stereocenters. The zero-order valence-electron chi connectivity index (χ0n) is 11.7. The minimum absolute atomic E-state index is 0.175. The average Bonchev–Trinajstić information content (AvgIpc) is 2.37. The van der Waals surface area contributed by atoms with Crippen LogP contribution in [0.3, 0.4) is 0 Å². The van der Waals surface area contributed by atoms with Gasteiger partial charge in [-0.3, -0.25) is 14.3 Å². The highest BCUT2D eigenvalue weighted by atomic mass is 32.2. The number of H-pyrrole nitrogens is 1. The Morgan fingerprint density at radius 1 is 1.50 bits per heavy atom. The van der Waals surface area contributed by atoms with Crippen molar-refractivity contribution < 1.29 is 0 Å². The number of nitrogens with two attached hydrogens (primary N) is 1. The van der Waals surface area contributed by atoms with E-state index in [9.17, 15) is 9.59 Å². The summed E-state index contributed by atoms with van der Waals surface area (Å²) in [5.74, 6) is 4.33. The molecule has 1 aromatic heterocycles. The number of thioether (sulfide) groups is 1. The van der Waals surface area contributed by atoms with Gasteiger partial charge in [0.1, 0.15) is 11.5 Å². The highest BCUT2D eigenvalue weighted by Gasteiger charge is 2.12. The lowest BCUT2D eigenvalue weighted by molar-refractivity contribution is 0.508. The van der Waals surface area contributed by atoms with Gasteiger partial charge < -0.3 is 11.1 Å². The molecule has 0 unspecified atom stereocenters. The molecule has 0 aliphatic rings. The van der Waals surface area contributed by atoms with E-state index in [2.05, 4.69) is 16.2 Å². The molecule has 7 heteroatoms. The zero-order chi connectivity index (χ0) is 15.1. The summed E-state index contributed by atoms with van der Waals surface area (Å²) in [6.07, 6.45) is 5.15. The van der Waals surface area contributed by atoms with Crippen LogP contribution in [0.4, 0.5) is 11.5 Å². The maximum atomic E-state index is 11.8. The first-order valence-electron chi connectivity index (χ1n) is 6.35. The lowest BCUT2D eigenvalue weighted by Gasteiger charge is -2.15. The number of rotatable bonds is 7. The molecule has 0 aliphatic carbocycles. The topological polar surface area (TPSA) is 92.9 Å². The highest BCUT2D eigenvalue weighted by Crippen LogP contribution is 2.12. The smallest absolute Gasteiger partial charge is 0.330 e. The average molecular weight is 296 g/mol. The normalized spacial score (nSPS) is 10.5. The van der Waals surface area contributed by atoms with Crippen molar-refractivity contribution in [2.45, 2.75) is 20.4 Å². The third kappa shape index (κ3) is 4.38. The van der Waals surface area contributed by atoms with Gasteiger partial charge in [0.05, 0.1) is 5.75 Å². The summed E-state index contributed by atoms with van der Waals surface area (Å²) in [6, 6.07) is 0. The third-order valence-corrected chi connectivity index (χ3v) is 3.38. The summed E-state index contributed by atoms with van der Waals surface area (Å²) in [6.45, 7) is 4.96. The number of nitrogens with one attached hydrogen (secondary N) is 2. The fourth-order valence-electron chi connectivity index (χ4n) is 1.68. The van der Waals surface area contributed by atoms with E-state index in [0.29, 0.717) is 18.8 Å². The van der Waals surface area contributed by atoms with Gasteiger partial charge in [-0.15, -0.1) is 18.2 Å². The molecule has 0 fully saturated rings. The predicted octanol–water partition coefficient (Wildman–Crippen LogP) is 0.553. The lowest BCUT2D eigenvalue weighted by Crippen LogP contribution is -2.35. The van der Waals surface area contributed by atoms with E-state index in [1.54, 1.807) is 11.8 Å². The maximum absolute atomic E-state index is 11.8. The van der Waals surface area contributed by atoms with Gasteiger partial charge in [-0.25, -0.2) is 4.79 Å². The number of aromatic amines is 1. The van der Waals surface area contributed by atoms with Crippen LogP contribution in [0.5, 0.6) is 0 Å². The van der Waals surface area contributed by atoms with E-state index < -0.39 is 11.2 Å². The molecule has 0 bridgehead atoms. The Hall–Kier alpha value is -1.81. The molecule has 6 nitrogen and oxygen atoms in total. The molecular weight excluding hydrogens is 276 g/mol. The van der Waals surface area contributed by atoms with Crippen LogP contribution < -0.4 is 22.3 Å². The largest absolute Gasteiger partial charge is 0.383 e. The van der Waals surface area contributed by atoms with Crippen molar-refractivity contribution >= 4 is 23.3 Å². The number of hydrogen-bond donors (Lipinski definition) is 3. The molecule has 1 rings (SSSR count). The molecule has 20 heavy (non-hydrogen) atoms. The quantitative estimate of drug-likeness (QED) is 0.505. The monoisotopic (exact) mass is 296 g/mol. The summed E-state index contributed by atoms with van der Waals surface area (Å²) in [5.41, 5.74) is 5.19. The molecule has 110 valence electrons. The van der Waals surface area contributed by atoms with Crippen molar-refractivity contribution in [1.29, 1.82) is 0 Å². The molecule has 0 aliphatic heterocycles. The van der Waals surface area contributed by atoms with Gasteiger partial charge in [-0.2, -0.15) is 0 Å². The number of terminal acetylenes is 1. The Bertz CT molecular complexity index is 598. The summed E-state index contributed by atoms with van der Waals surface area (Å²) in [7, 11) is 0. The molecule has 0 saturated heterocycles. The van der Waals surface area contributed by atoms with Crippen molar-refractivity contribution in [3.05, 3.63) is 20.8 Å². The van der Waals surface area contributed by atoms with Crippen LogP contribution >= 0.6 is 11.8 Å². The Kier molecular flexibility index (Phi) is 6.25. The van der Waals surface area contributed by atoms with Crippen molar-refractivity contribution in [3.8, 4) is 12.3 Å². The summed E-state index contributed by atoms with van der Waals surface area (Å²) in [5, 5.41) is 2.96. The molecule has 0 amide bonds. The van der Waals surface area contributed by atoms with E-state index in [4.69, 9.17) is 12.2 Å². The molecule has 0 saturated carbocycles. The molecular formula is C13H20N4O2S. The standard InChI is InChI=1S/C13H20N4O2S/c1-4-6-20-7-5-15-10-11(14)17(8-9(2)3)13(19)16-12(10)18/h1,9,15H,5-8,14H2,2-3H3,(H,16,18,19). The van der Waals surface area contributed by atoms with Gasteiger partial charge in [0.25, 0.3) is 5.56 Å². The van der Waals surface area contributed by atoms with Crippen LogP contribution in [0.15, 0.2) is 9.59 Å². The lowest BCUT2D eigenvalue weighted by atomic mass is 10.2. The first kappa shape index (κ1) is 16.2. The zero-order valence-corrected chi connectivity index (χ0v) is 12.5. The van der Waals surface area contributed by atoms with Crippen LogP contribution in [-0.2, 0) is 6.54 Å². The number of hydrogen-bond acceptors (Lipinski definition) is 5. The Balaban J connectivity index is 2.88. The van der Waals surface area contributed by atoms with Gasteiger partial charge in [0.15, 0.2) is 0 Å². The van der Waals surface area contributed by atoms with Crippen molar-refractivity contribution in [2.75, 3.05) is 29.1 Å². The van der Waals surface area contributed by atoms with Crippen molar-refractivity contribution in [1.82, 2.24) is 9.55 Å². The highest BCUT2D eigenvalue weighted by molar-refractivity contribution is 7.99. The second-order valence-corrected chi connectivity index (χ2v) is 5.81. The van der Waals surface area contributed by atoms with E-state index in [1.165, 1.54) is 4.57 Å². The van der Waals surface area contributed by atoms with E-state index in [1.807, 2.05) is 13.8 Å². The molecule has 1 aromatic rings. The third-order valence-electron chi connectivity index (χ3n) is 2.52. The fraction of sp³-hybridized carbons (Fsp3) is 0.538. The van der Waals surface area contributed by atoms with Crippen molar-refractivity contribution in [2.24, 2.45) is 5.92 Å². The molecule has 0 aromatic carbocycles. The molecule has 0 spiro atoms. The summed E-state index contributed by atoms with van der Waals surface area (Å²) in [4.78, 5) is 25.8. The van der Waals surface area contributed by atoms with Crippen LogP contribution in [-0.4, -0.2) is 27.6 Å². The minimum Gasteiger partial charge on any atom is -0.383 e. The van der Waals surface area contributed by atoms with Crippen LogP contribution in [0.1, 0.15) is 13.8 Å². The maximum Gasteiger partial charge on any atom is 0.330 e. The number of anilines is 2. The SMILES string of the molecule is C#CCSCCNc1c(N)n(CC(C)C)c(=O)[nH]c1=O. The number of nitrogen functional groups attached to an aromatic ring is 1. The van der Waals surface area contributed by atoms with Crippen LogP contribution in [0.25, 0.3) is 0 Å². The second kappa shape index (κ2) is 7.70. The van der Waals surface area contributed by atoms with Gasteiger partial charge >= 0.3 is 5.69 Å². The van der Waals surface area contributed by atoms with E-state index in [-0.39, 0.29) is 17.4 Å². The summed E-state index contributed by atoms with van der Waals surface area (Å²) >= 11 is 1.58. The fourth-order valence-corrected chi connectivity index (χ4v) is 2.19. The minimum atomic E-state index is -0.491. The molecule has 1 heterocycles. The predicted molar refractivity (Wildman–Crippen MR) is 85.2 cm³/mol. The van der Waals surface area contributed by atoms with Gasteiger partial charge in [0, 0.05) is 18.8 Å². The van der Waals surface area contributed by atoms with Gasteiger partial charge in [-0.05, 0) is 5.92 Å². The first-order valence-corrected chi connectivity index (χ1v) is 7.50. The molecule has 0 radical (unpaired) electrons. The molecule has 4 N–H and O–H groups in total. The van der Waals surface area contributed by atoms with E-state index >= 15 is 0 Å². The van der Waals surface area contributed by atoms with Crippen molar-refractivity contribution in [3.63, 3.8) is 0 Å². The van der Waals surface area contributed by atoms with E-state index in [0.717, 1.165) is 5.75 Å².